The van der Waals surface area contributed by atoms with Crippen molar-refractivity contribution in [2.45, 2.75) is 0 Å². The van der Waals surface area contributed by atoms with Crippen molar-refractivity contribution in [2.75, 3.05) is 0 Å². The quantitative estimate of drug-likeness (QED) is 0.199. The Hall–Kier alpha value is -6.95. The molecule has 5 heteroatoms. The molecule has 9 rings (SSSR count). The molecule has 0 N–H and O–H groups in total. The Morgan fingerprint density at radius 1 is 0.375 bits per heavy atom. The van der Waals surface area contributed by atoms with Crippen LogP contribution < -0.4 is 0 Å². The van der Waals surface area contributed by atoms with E-state index in [4.69, 9.17) is 4.98 Å². The molecule has 9 aromatic rings. The molecule has 0 aliphatic rings. The Kier molecular flexibility index (Phi) is 6.18. The summed E-state index contributed by atoms with van der Waals surface area (Å²) in [7, 11) is 0. The first kappa shape index (κ1) is 27.4. The smallest absolute Gasteiger partial charge is 0.140 e. The molecule has 0 amide bonds. The average molecular weight is 612 g/mol. The van der Waals surface area contributed by atoms with Gasteiger partial charge in [-0.15, -0.1) is 0 Å². The van der Waals surface area contributed by atoms with Crippen molar-refractivity contribution in [3.8, 4) is 46.0 Å². The highest BCUT2D eigenvalue weighted by molar-refractivity contribution is 6.10. The van der Waals surface area contributed by atoms with E-state index >= 15 is 0 Å². The third kappa shape index (κ3) is 4.27. The fourth-order valence-corrected chi connectivity index (χ4v) is 6.97. The van der Waals surface area contributed by atoms with Crippen LogP contribution in [0, 0.1) is 22.7 Å². The number of hydrogen-bond donors (Lipinski definition) is 0. The minimum atomic E-state index is 0.623. The van der Waals surface area contributed by atoms with E-state index in [2.05, 4.69) is 118 Å². The molecular formula is C43H25N5. The first-order chi connectivity index (χ1) is 23.7. The average Bonchev–Trinajstić information content (AvgIpc) is 3.67. The number of para-hydroxylation sites is 3. The van der Waals surface area contributed by atoms with E-state index in [0.29, 0.717) is 11.1 Å². The van der Waals surface area contributed by atoms with Gasteiger partial charge in [-0.25, -0.2) is 4.98 Å². The highest BCUT2D eigenvalue weighted by Gasteiger charge is 2.18. The van der Waals surface area contributed by atoms with Crippen LogP contribution >= 0.6 is 0 Å². The maximum absolute atomic E-state index is 9.72. The van der Waals surface area contributed by atoms with E-state index in [1.54, 1.807) is 0 Å². The van der Waals surface area contributed by atoms with E-state index < -0.39 is 0 Å². The molecule has 0 bridgehead atoms. The molecule has 222 valence electrons. The monoisotopic (exact) mass is 611 g/mol. The molecule has 0 atom stereocenters. The second-order valence-electron chi connectivity index (χ2n) is 11.9. The van der Waals surface area contributed by atoms with Crippen LogP contribution in [0.25, 0.3) is 77.5 Å². The van der Waals surface area contributed by atoms with Crippen molar-refractivity contribution >= 4 is 43.6 Å². The van der Waals surface area contributed by atoms with Gasteiger partial charge in [-0.1, -0.05) is 84.9 Å². The lowest BCUT2D eigenvalue weighted by molar-refractivity contribution is 1.01. The number of pyridine rings is 1. The van der Waals surface area contributed by atoms with Crippen LogP contribution in [0.4, 0.5) is 0 Å². The minimum Gasteiger partial charge on any atom is -0.294 e. The van der Waals surface area contributed by atoms with Crippen molar-refractivity contribution in [1.29, 1.82) is 10.5 Å². The van der Waals surface area contributed by atoms with E-state index in [1.807, 2.05) is 54.6 Å². The van der Waals surface area contributed by atoms with Gasteiger partial charge in [0.1, 0.15) is 11.6 Å². The highest BCUT2D eigenvalue weighted by atomic mass is 15.1. The van der Waals surface area contributed by atoms with Crippen molar-refractivity contribution in [3.63, 3.8) is 0 Å². The van der Waals surface area contributed by atoms with Gasteiger partial charge in [0.25, 0.3) is 0 Å². The molecule has 0 unspecified atom stereocenters. The normalized spacial score (nSPS) is 11.3. The third-order valence-electron chi connectivity index (χ3n) is 9.18. The number of fused-ring (bicyclic) bond motifs is 6. The molecule has 0 fully saturated rings. The van der Waals surface area contributed by atoms with Crippen LogP contribution in [-0.4, -0.2) is 14.1 Å². The Bertz CT molecular complexity index is 2750. The standard InChI is InChI=1S/C43H25N5/c44-26-28-16-19-30(20-17-28)31-8-7-9-32(23-31)33-24-42(47-38-13-4-1-10-34(38)35-11-2-5-14-39(35)47)46-43(25-33)48-40-15-6-3-12-36(40)37-22-29(27-45)18-21-41(37)48/h1-25H. The van der Waals surface area contributed by atoms with Crippen molar-refractivity contribution in [3.05, 3.63) is 163 Å². The summed E-state index contributed by atoms with van der Waals surface area (Å²) < 4.78 is 4.46. The molecule has 0 aliphatic carbocycles. The number of aromatic nitrogens is 3. The van der Waals surface area contributed by atoms with Crippen LogP contribution in [0.15, 0.2) is 152 Å². The predicted octanol–water partition coefficient (Wildman–Crippen LogP) is 10.4. The summed E-state index contributed by atoms with van der Waals surface area (Å²) in [4.78, 5) is 5.42. The zero-order valence-electron chi connectivity index (χ0n) is 25.7. The second-order valence-corrected chi connectivity index (χ2v) is 11.9. The number of benzene rings is 6. The lowest BCUT2D eigenvalue weighted by Crippen LogP contribution is -2.04. The lowest BCUT2D eigenvalue weighted by Gasteiger charge is -2.15. The molecule has 3 aromatic heterocycles. The lowest BCUT2D eigenvalue weighted by atomic mass is 9.98. The van der Waals surface area contributed by atoms with E-state index in [-0.39, 0.29) is 0 Å². The molecule has 0 aliphatic heterocycles. The third-order valence-corrected chi connectivity index (χ3v) is 9.18. The highest BCUT2D eigenvalue weighted by Crippen LogP contribution is 2.37. The molecule has 48 heavy (non-hydrogen) atoms. The fraction of sp³-hybridized carbons (Fsp3) is 0. The van der Waals surface area contributed by atoms with Gasteiger partial charge in [0, 0.05) is 21.5 Å². The zero-order valence-corrected chi connectivity index (χ0v) is 25.7. The fourth-order valence-electron chi connectivity index (χ4n) is 6.97. The first-order valence-electron chi connectivity index (χ1n) is 15.8. The van der Waals surface area contributed by atoms with Gasteiger partial charge in [0.2, 0.25) is 0 Å². The molecule has 6 aromatic carbocycles. The molecular weight excluding hydrogens is 587 g/mol. The molecule has 5 nitrogen and oxygen atoms in total. The van der Waals surface area contributed by atoms with Crippen LogP contribution in [0.3, 0.4) is 0 Å². The van der Waals surface area contributed by atoms with Gasteiger partial charge < -0.3 is 0 Å². The number of rotatable bonds is 4. The van der Waals surface area contributed by atoms with Crippen LogP contribution in [0.5, 0.6) is 0 Å². The van der Waals surface area contributed by atoms with Gasteiger partial charge in [-0.2, -0.15) is 10.5 Å². The van der Waals surface area contributed by atoms with Crippen molar-refractivity contribution in [1.82, 2.24) is 14.1 Å². The summed E-state index contributed by atoms with van der Waals surface area (Å²) in [6.45, 7) is 0. The topological polar surface area (TPSA) is 70.3 Å². The molecule has 0 spiro atoms. The van der Waals surface area contributed by atoms with Gasteiger partial charge in [0.05, 0.1) is 45.3 Å². The molecule has 3 heterocycles. The van der Waals surface area contributed by atoms with Crippen LogP contribution in [0.1, 0.15) is 11.1 Å². The van der Waals surface area contributed by atoms with E-state index in [9.17, 15) is 10.5 Å². The summed E-state index contributed by atoms with van der Waals surface area (Å²) in [5.74, 6) is 1.59. The van der Waals surface area contributed by atoms with Crippen LogP contribution in [-0.2, 0) is 0 Å². The predicted molar refractivity (Wildman–Crippen MR) is 193 cm³/mol. The zero-order chi connectivity index (χ0) is 32.2. The molecule has 0 radical (unpaired) electrons. The Balaban J connectivity index is 1.35. The van der Waals surface area contributed by atoms with E-state index in [0.717, 1.165) is 66.7 Å². The van der Waals surface area contributed by atoms with Crippen molar-refractivity contribution in [2.24, 2.45) is 0 Å². The Morgan fingerprint density at radius 2 is 0.854 bits per heavy atom. The van der Waals surface area contributed by atoms with Crippen molar-refractivity contribution < 1.29 is 0 Å². The minimum absolute atomic E-state index is 0.623. The van der Waals surface area contributed by atoms with Gasteiger partial charge in [-0.05, 0) is 89.0 Å². The summed E-state index contributed by atoms with van der Waals surface area (Å²) in [6.07, 6.45) is 0. The number of nitrogens with zero attached hydrogens (tertiary/aromatic N) is 5. The Labute approximate surface area is 276 Å². The first-order valence-corrected chi connectivity index (χ1v) is 15.8. The maximum Gasteiger partial charge on any atom is 0.140 e. The van der Waals surface area contributed by atoms with Gasteiger partial charge in [0.15, 0.2) is 0 Å². The maximum atomic E-state index is 9.72. The van der Waals surface area contributed by atoms with Crippen LogP contribution in [0.2, 0.25) is 0 Å². The SMILES string of the molecule is N#Cc1ccc(-c2cccc(-c3cc(-n4c5ccccc5c5ccccc54)nc(-n4c5ccccc5c5cc(C#N)ccc54)c3)c2)cc1. The molecule has 0 saturated carbocycles. The van der Waals surface area contributed by atoms with Gasteiger partial charge in [-0.3, -0.25) is 9.13 Å². The summed E-state index contributed by atoms with van der Waals surface area (Å²) >= 11 is 0. The molecule has 0 saturated heterocycles. The van der Waals surface area contributed by atoms with E-state index in [1.165, 1.54) is 10.8 Å². The number of hydrogen-bond acceptors (Lipinski definition) is 3. The number of nitriles is 2. The second kappa shape index (κ2) is 10.8. The summed E-state index contributed by atoms with van der Waals surface area (Å²) in [6, 6.07) is 56.1. The summed E-state index contributed by atoms with van der Waals surface area (Å²) in [5.41, 5.74) is 9.62. The Morgan fingerprint density at radius 3 is 1.42 bits per heavy atom. The summed E-state index contributed by atoms with van der Waals surface area (Å²) in [5, 5.41) is 23.5. The van der Waals surface area contributed by atoms with Gasteiger partial charge >= 0.3 is 0 Å². The largest absolute Gasteiger partial charge is 0.294 e.